The summed E-state index contributed by atoms with van der Waals surface area (Å²) in [4.78, 5) is 12.0. The number of halogens is 1. The second-order valence-electron chi connectivity index (χ2n) is 3.84. The molecule has 1 saturated heterocycles. The molecule has 0 aromatic heterocycles. The Labute approximate surface area is 110 Å². The SMILES string of the molecule is COc1ccc(Cl)cc1NC(=O)C1CCCS1. The average molecular weight is 272 g/mol. The first-order chi connectivity index (χ1) is 8.20. The molecule has 0 bridgehead atoms. The number of carbonyl (C=O) groups excluding carboxylic acids is 1. The molecule has 0 saturated carbocycles. The number of hydrogen-bond donors (Lipinski definition) is 1. The zero-order chi connectivity index (χ0) is 12.3. The van der Waals surface area contributed by atoms with E-state index in [0.717, 1.165) is 18.6 Å². The van der Waals surface area contributed by atoms with Crippen molar-refractivity contribution in [2.75, 3.05) is 18.2 Å². The van der Waals surface area contributed by atoms with Gasteiger partial charge in [-0.05, 0) is 36.8 Å². The van der Waals surface area contributed by atoms with Crippen LogP contribution in [0, 0.1) is 0 Å². The lowest BCUT2D eigenvalue weighted by Crippen LogP contribution is -2.23. The normalized spacial score (nSPS) is 19.1. The summed E-state index contributed by atoms with van der Waals surface area (Å²) in [7, 11) is 1.57. The number of amides is 1. The Bertz CT molecular complexity index is 419. The maximum absolute atomic E-state index is 12.0. The summed E-state index contributed by atoms with van der Waals surface area (Å²) >= 11 is 7.61. The highest BCUT2D eigenvalue weighted by atomic mass is 35.5. The van der Waals surface area contributed by atoms with Gasteiger partial charge in [0.05, 0.1) is 18.0 Å². The van der Waals surface area contributed by atoms with Gasteiger partial charge in [-0.1, -0.05) is 11.6 Å². The highest BCUT2D eigenvalue weighted by Crippen LogP contribution is 2.31. The van der Waals surface area contributed by atoms with Gasteiger partial charge in [-0.15, -0.1) is 11.8 Å². The molecule has 5 heteroatoms. The Morgan fingerprint density at radius 3 is 3.06 bits per heavy atom. The lowest BCUT2D eigenvalue weighted by molar-refractivity contribution is -0.115. The van der Waals surface area contributed by atoms with Crippen molar-refractivity contribution in [3.8, 4) is 5.75 Å². The molecule has 92 valence electrons. The van der Waals surface area contributed by atoms with Crippen molar-refractivity contribution in [1.29, 1.82) is 0 Å². The van der Waals surface area contributed by atoms with Crippen molar-refractivity contribution in [3.05, 3.63) is 23.2 Å². The van der Waals surface area contributed by atoms with E-state index in [4.69, 9.17) is 16.3 Å². The first-order valence-electron chi connectivity index (χ1n) is 5.46. The molecule has 0 aliphatic carbocycles. The number of thioether (sulfide) groups is 1. The first kappa shape index (κ1) is 12.6. The van der Waals surface area contributed by atoms with Crippen molar-refractivity contribution < 1.29 is 9.53 Å². The van der Waals surface area contributed by atoms with Crippen LogP contribution in [0.15, 0.2) is 18.2 Å². The van der Waals surface area contributed by atoms with Crippen LogP contribution in [0.25, 0.3) is 0 Å². The van der Waals surface area contributed by atoms with Gasteiger partial charge >= 0.3 is 0 Å². The van der Waals surface area contributed by atoms with Gasteiger partial charge in [-0.2, -0.15) is 0 Å². The van der Waals surface area contributed by atoms with Gasteiger partial charge < -0.3 is 10.1 Å². The fourth-order valence-electron chi connectivity index (χ4n) is 1.78. The zero-order valence-corrected chi connectivity index (χ0v) is 11.1. The van der Waals surface area contributed by atoms with E-state index in [9.17, 15) is 4.79 Å². The Morgan fingerprint density at radius 1 is 1.59 bits per heavy atom. The first-order valence-corrected chi connectivity index (χ1v) is 6.89. The van der Waals surface area contributed by atoms with Crippen LogP contribution in [0.3, 0.4) is 0 Å². The Balaban J connectivity index is 2.11. The number of anilines is 1. The van der Waals surface area contributed by atoms with Crippen LogP contribution < -0.4 is 10.1 Å². The van der Waals surface area contributed by atoms with Crippen LogP contribution in [0.5, 0.6) is 5.75 Å². The average Bonchev–Trinajstić information content (AvgIpc) is 2.83. The van der Waals surface area contributed by atoms with Gasteiger partial charge in [0.2, 0.25) is 5.91 Å². The monoisotopic (exact) mass is 271 g/mol. The van der Waals surface area contributed by atoms with Crippen molar-refractivity contribution in [1.82, 2.24) is 0 Å². The number of benzene rings is 1. The lowest BCUT2D eigenvalue weighted by atomic mass is 10.2. The fraction of sp³-hybridized carbons (Fsp3) is 0.417. The number of hydrogen-bond acceptors (Lipinski definition) is 3. The minimum atomic E-state index is 0.0352. The third-order valence-electron chi connectivity index (χ3n) is 2.64. The van der Waals surface area contributed by atoms with Crippen LogP contribution in [0.2, 0.25) is 5.02 Å². The molecule has 17 heavy (non-hydrogen) atoms. The largest absolute Gasteiger partial charge is 0.495 e. The topological polar surface area (TPSA) is 38.3 Å². The van der Waals surface area contributed by atoms with E-state index < -0.39 is 0 Å². The van der Waals surface area contributed by atoms with Crippen LogP contribution in [0.1, 0.15) is 12.8 Å². The molecule has 3 nitrogen and oxygen atoms in total. The number of nitrogens with one attached hydrogen (secondary N) is 1. The summed E-state index contributed by atoms with van der Waals surface area (Å²) < 4.78 is 5.18. The second kappa shape index (κ2) is 5.65. The maximum atomic E-state index is 12.0. The van der Waals surface area contributed by atoms with E-state index in [2.05, 4.69) is 5.32 Å². The predicted octanol–water partition coefficient (Wildman–Crippen LogP) is 3.18. The van der Waals surface area contributed by atoms with E-state index in [1.54, 1.807) is 37.1 Å². The molecule has 1 fully saturated rings. The van der Waals surface area contributed by atoms with E-state index in [1.807, 2.05) is 0 Å². The third kappa shape index (κ3) is 3.07. The van der Waals surface area contributed by atoms with Crippen LogP contribution >= 0.6 is 23.4 Å². The molecule has 0 spiro atoms. The second-order valence-corrected chi connectivity index (χ2v) is 5.58. The van der Waals surface area contributed by atoms with E-state index in [0.29, 0.717) is 16.5 Å². The molecule has 1 N–H and O–H groups in total. The third-order valence-corrected chi connectivity index (χ3v) is 4.25. The van der Waals surface area contributed by atoms with Crippen molar-refractivity contribution in [2.24, 2.45) is 0 Å². The Kier molecular flexibility index (Phi) is 4.18. The molecule has 1 aliphatic rings. The number of carbonyl (C=O) groups is 1. The number of rotatable bonds is 3. The summed E-state index contributed by atoms with van der Waals surface area (Å²) in [5.41, 5.74) is 0.637. The minimum absolute atomic E-state index is 0.0352. The Morgan fingerprint density at radius 2 is 2.41 bits per heavy atom. The smallest absolute Gasteiger partial charge is 0.237 e. The standard InChI is InChI=1S/C12H14ClNO2S/c1-16-10-5-4-8(13)7-9(10)14-12(15)11-3-2-6-17-11/h4-5,7,11H,2-3,6H2,1H3,(H,14,15). The zero-order valence-electron chi connectivity index (χ0n) is 9.53. The van der Waals surface area contributed by atoms with E-state index in [1.165, 1.54) is 0 Å². The molecule has 1 aromatic carbocycles. The van der Waals surface area contributed by atoms with Crippen LogP contribution in [-0.4, -0.2) is 24.0 Å². The quantitative estimate of drug-likeness (QED) is 0.918. The summed E-state index contributed by atoms with van der Waals surface area (Å²) in [6.45, 7) is 0. The lowest BCUT2D eigenvalue weighted by Gasteiger charge is -2.13. The molecule has 2 rings (SSSR count). The molecule has 0 radical (unpaired) electrons. The molecular formula is C12H14ClNO2S. The highest BCUT2D eigenvalue weighted by molar-refractivity contribution is 8.00. The molecule has 1 aromatic rings. The van der Waals surface area contributed by atoms with Gasteiger partial charge in [0.25, 0.3) is 0 Å². The summed E-state index contributed by atoms with van der Waals surface area (Å²) in [5, 5.41) is 3.51. The van der Waals surface area contributed by atoms with Crippen molar-refractivity contribution in [3.63, 3.8) is 0 Å². The number of ether oxygens (including phenoxy) is 1. The highest BCUT2D eigenvalue weighted by Gasteiger charge is 2.24. The van der Waals surface area contributed by atoms with Gasteiger partial charge in [0.15, 0.2) is 0 Å². The van der Waals surface area contributed by atoms with E-state index >= 15 is 0 Å². The van der Waals surface area contributed by atoms with Gasteiger partial charge in [0, 0.05) is 5.02 Å². The predicted molar refractivity (Wildman–Crippen MR) is 72.1 cm³/mol. The fourth-order valence-corrected chi connectivity index (χ4v) is 3.11. The maximum Gasteiger partial charge on any atom is 0.237 e. The van der Waals surface area contributed by atoms with Gasteiger partial charge in [0.1, 0.15) is 5.75 Å². The van der Waals surface area contributed by atoms with Crippen molar-refractivity contribution >= 4 is 35.0 Å². The number of methoxy groups -OCH3 is 1. The summed E-state index contributed by atoms with van der Waals surface area (Å²) in [6, 6.07) is 5.19. The van der Waals surface area contributed by atoms with Crippen molar-refractivity contribution in [2.45, 2.75) is 18.1 Å². The van der Waals surface area contributed by atoms with Gasteiger partial charge in [-0.25, -0.2) is 0 Å². The Hall–Kier alpha value is -0.870. The minimum Gasteiger partial charge on any atom is -0.495 e. The molecule has 1 unspecified atom stereocenters. The van der Waals surface area contributed by atoms with Gasteiger partial charge in [-0.3, -0.25) is 4.79 Å². The van der Waals surface area contributed by atoms with Crippen LogP contribution in [0.4, 0.5) is 5.69 Å². The molecule has 1 heterocycles. The summed E-state index contributed by atoms with van der Waals surface area (Å²) in [6.07, 6.45) is 2.05. The van der Waals surface area contributed by atoms with E-state index in [-0.39, 0.29) is 11.2 Å². The molecule has 1 aliphatic heterocycles. The molecular weight excluding hydrogens is 258 g/mol. The molecule has 1 amide bonds. The summed E-state index contributed by atoms with van der Waals surface area (Å²) in [5.74, 6) is 1.73. The van der Waals surface area contributed by atoms with Crippen LogP contribution in [-0.2, 0) is 4.79 Å². The molecule has 1 atom stereocenters.